The first-order valence-corrected chi connectivity index (χ1v) is 12.3. The second-order valence-corrected chi connectivity index (χ2v) is 9.27. The summed E-state index contributed by atoms with van der Waals surface area (Å²) < 4.78 is 2.06. The van der Waals surface area contributed by atoms with E-state index < -0.39 is 0 Å². The number of imidazole rings is 1. The molecule has 2 saturated heterocycles. The lowest BCUT2D eigenvalue weighted by Crippen LogP contribution is -2.35. The van der Waals surface area contributed by atoms with E-state index in [9.17, 15) is 9.59 Å². The Morgan fingerprint density at radius 1 is 1.00 bits per heavy atom. The van der Waals surface area contributed by atoms with E-state index in [-0.39, 0.29) is 24.3 Å². The topological polar surface area (TPSA) is 58.4 Å². The number of carbonyl (C=O) groups excluding carboxylic acids is 2. The van der Waals surface area contributed by atoms with Gasteiger partial charge in [0.25, 0.3) is 0 Å². The van der Waals surface area contributed by atoms with Gasteiger partial charge in [-0.2, -0.15) is 0 Å². The number of anilines is 1. The molecule has 2 aliphatic heterocycles. The van der Waals surface area contributed by atoms with Gasteiger partial charge in [0.2, 0.25) is 11.8 Å². The van der Waals surface area contributed by atoms with E-state index in [0.717, 1.165) is 54.9 Å². The largest absolute Gasteiger partial charge is 0.341 e. The third-order valence-corrected chi connectivity index (χ3v) is 7.08. The van der Waals surface area contributed by atoms with E-state index >= 15 is 0 Å². The predicted octanol–water partition coefficient (Wildman–Crippen LogP) is 4.52. The Hall–Kier alpha value is -3.15. The molecule has 6 nitrogen and oxygen atoms in total. The lowest BCUT2D eigenvalue weighted by molar-refractivity contribution is -0.131. The summed E-state index contributed by atoms with van der Waals surface area (Å²) in [6.45, 7) is 4.68. The van der Waals surface area contributed by atoms with Gasteiger partial charge in [-0.1, -0.05) is 44.0 Å². The van der Waals surface area contributed by atoms with Gasteiger partial charge in [-0.15, -0.1) is 0 Å². The summed E-state index contributed by atoms with van der Waals surface area (Å²) in [5, 5.41) is 0. The van der Waals surface area contributed by atoms with Crippen molar-refractivity contribution in [1.29, 1.82) is 0 Å². The second-order valence-electron chi connectivity index (χ2n) is 9.27. The zero-order valence-electron chi connectivity index (χ0n) is 19.4. The van der Waals surface area contributed by atoms with Crippen LogP contribution in [0.2, 0.25) is 0 Å². The number of amides is 2. The number of nitrogens with zero attached hydrogens (tertiary/aromatic N) is 4. The monoisotopic (exact) mass is 444 g/mol. The number of rotatable bonds is 5. The fourth-order valence-corrected chi connectivity index (χ4v) is 5.17. The molecule has 0 radical (unpaired) electrons. The highest BCUT2D eigenvalue weighted by atomic mass is 16.2. The van der Waals surface area contributed by atoms with Crippen molar-refractivity contribution >= 4 is 28.5 Å². The van der Waals surface area contributed by atoms with Crippen LogP contribution in [0.15, 0.2) is 48.5 Å². The highest BCUT2D eigenvalue weighted by Gasteiger charge is 2.35. The summed E-state index contributed by atoms with van der Waals surface area (Å²) in [5.74, 6) is 1.08. The van der Waals surface area contributed by atoms with Gasteiger partial charge in [0.1, 0.15) is 12.4 Å². The van der Waals surface area contributed by atoms with Crippen molar-refractivity contribution in [2.24, 2.45) is 0 Å². The van der Waals surface area contributed by atoms with E-state index in [1.165, 1.54) is 18.4 Å². The third-order valence-electron chi connectivity index (χ3n) is 7.08. The molecule has 0 N–H and O–H groups in total. The quantitative estimate of drug-likeness (QED) is 0.581. The minimum atomic E-state index is -0.0346. The van der Waals surface area contributed by atoms with Crippen molar-refractivity contribution in [2.75, 3.05) is 24.5 Å². The van der Waals surface area contributed by atoms with Crippen LogP contribution in [-0.2, 0) is 22.6 Å². The zero-order valence-corrected chi connectivity index (χ0v) is 19.4. The molecule has 0 saturated carbocycles. The molecular weight excluding hydrogens is 412 g/mol. The molecule has 6 heteroatoms. The Morgan fingerprint density at radius 2 is 1.73 bits per heavy atom. The normalized spacial score (nSPS) is 19.3. The first-order valence-electron chi connectivity index (χ1n) is 12.3. The van der Waals surface area contributed by atoms with E-state index in [0.29, 0.717) is 13.0 Å². The minimum Gasteiger partial charge on any atom is -0.341 e. The molecule has 33 heavy (non-hydrogen) atoms. The maximum absolute atomic E-state index is 13.2. The number of aromatic nitrogens is 2. The lowest BCUT2D eigenvalue weighted by atomic mass is 10.1. The minimum absolute atomic E-state index is 0.0346. The summed E-state index contributed by atoms with van der Waals surface area (Å²) >= 11 is 0. The zero-order chi connectivity index (χ0) is 22.8. The molecule has 2 fully saturated rings. The standard InChI is InChI=1S/C27H32N4O2/c1-2-20-11-13-22(14-12-20)30-18-21(17-25(30)32)27-28-23-9-5-6-10-24(23)31(27)19-26(33)29-15-7-3-4-8-16-29/h5-6,9-14,21H,2-4,7-8,15-19H2,1H3. The van der Waals surface area contributed by atoms with Crippen molar-refractivity contribution < 1.29 is 9.59 Å². The third kappa shape index (κ3) is 4.39. The second kappa shape index (κ2) is 9.38. The number of benzene rings is 2. The van der Waals surface area contributed by atoms with Crippen LogP contribution in [0.3, 0.4) is 0 Å². The average molecular weight is 445 g/mol. The number of likely N-dealkylation sites (tertiary alicyclic amines) is 1. The van der Waals surface area contributed by atoms with Gasteiger partial charge in [-0.05, 0) is 49.1 Å². The van der Waals surface area contributed by atoms with Crippen LogP contribution in [0, 0.1) is 0 Å². The number of aryl methyl sites for hydroxylation is 1. The molecule has 5 rings (SSSR count). The van der Waals surface area contributed by atoms with Crippen molar-refractivity contribution in [2.45, 2.75) is 57.9 Å². The Kier molecular flexibility index (Phi) is 6.16. The smallest absolute Gasteiger partial charge is 0.242 e. The van der Waals surface area contributed by atoms with E-state index in [2.05, 4.69) is 23.6 Å². The van der Waals surface area contributed by atoms with Crippen molar-refractivity contribution in [3.05, 3.63) is 59.9 Å². The molecule has 3 aromatic rings. The molecule has 2 aromatic carbocycles. The van der Waals surface area contributed by atoms with Crippen LogP contribution in [0.4, 0.5) is 5.69 Å². The predicted molar refractivity (Wildman–Crippen MR) is 130 cm³/mol. The van der Waals surface area contributed by atoms with Crippen molar-refractivity contribution in [3.63, 3.8) is 0 Å². The van der Waals surface area contributed by atoms with Crippen LogP contribution in [0.5, 0.6) is 0 Å². The van der Waals surface area contributed by atoms with Gasteiger partial charge in [0.05, 0.1) is 11.0 Å². The summed E-state index contributed by atoms with van der Waals surface area (Å²) in [6.07, 6.45) is 5.94. The maximum atomic E-state index is 13.2. The SMILES string of the molecule is CCc1ccc(N2CC(c3nc4ccccc4n3CC(=O)N3CCCCCC3)CC2=O)cc1. The molecule has 1 atom stereocenters. The van der Waals surface area contributed by atoms with Crippen LogP contribution in [-0.4, -0.2) is 45.9 Å². The van der Waals surface area contributed by atoms with Gasteiger partial charge >= 0.3 is 0 Å². The number of para-hydroxylation sites is 2. The van der Waals surface area contributed by atoms with Gasteiger partial charge in [0, 0.05) is 37.7 Å². The number of fused-ring (bicyclic) bond motifs is 1. The first kappa shape index (κ1) is 21.7. The average Bonchev–Trinajstić information content (AvgIpc) is 3.27. The number of hydrogen-bond acceptors (Lipinski definition) is 3. The summed E-state index contributed by atoms with van der Waals surface area (Å²) in [5.41, 5.74) is 4.04. The lowest BCUT2D eigenvalue weighted by Gasteiger charge is -2.22. The molecule has 0 aliphatic carbocycles. The van der Waals surface area contributed by atoms with Crippen molar-refractivity contribution in [1.82, 2.24) is 14.5 Å². The Morgan fingerprint density at radius 3 is 2.45 bits per heavy atom. The Balaban J connectivity index is 1.43. The molecule has 3 heterocycles. The molecule has 2 aliphatic rings. The molecule has 1 unspecified atom stereocenters. The fourth-order valence-electron chi connectivity index (χ4n) is 5.17. The molecule has 0 spiro atoms. The van der Waals surface area contributed by atoms with E-state index in [1.807, 2.05) is 46.2 Å². The highest BCUT2D eigenvalue weighted by Crippen LogP contribution is 2.33. The first-order chi connectivity index (χ1) is 16.1. The van der Waals surface area contributed by atoms with Crippen LogP contribution < -0.4 is 4.90 Å². The molecule has 0 bridgehead atoms. The Bertz CT molecular complexity index is 1140. The van der Waals surface area contributed by atoms with Crippen LogP contribution in [0.25, 0.3) is 11.0 Å². The van der Waals surface area contributed by atoms with Gasteiger partial charge in [-0.3, -0.25) is 9.59 Å². The number of carbonyl (C=O) groups is 2. The Labute approximate surface area is 195 Å². The molecule has 1 aromatic heterocycles. The van der Waals surface area contributed by atoms with Gasteiger partial charge in [0.15, 0.2) is 0 Å². The summed E-state index contributed by atoms with van der Waals surface area (Å²) in [6, 6.07) is 16.2. The molecule has 172 valence electrons. The fraction of sp³-hybridized carbons (Fsp3) is 0.444. The summed E-state index contributed by atoms with van der Waals surface area (Å²) in [4.78, 5) is 35.0. The molecule has 2 amide bonds. The van der Waals surface area contributed by atoms with Crippen LogP contribution in [0.1, 0.15) is 56.3 Å². The van der Waals surface area contributed by atoms with Gasteiger partial charge < -0.3 is 14.4 Å². The van der Waals surface area contributed by atoms with Crippen molar-refractivity contribution in [3.8, 4) is 0 Å². The van der Waals surface area contributed by atoms with E-state index in [4.69, 9.17) is 4.98 Å². The van der Waals surface area contributed by atoms with Crippen LogP contribution >= 0.6 is 0 Å². The maximum Gasteiger partial charge on any atom is 0.242 e. The van der Waals surface area contributed by atoms with E-state index in [1.54, 1.807) is 0 Å². The van der Waals surface area contributed by atoms with Gasteiger partial charge in [-0.25, -0.2) is 4.98 Å². The highest BCUT2D eigenvalue weighted by molar-refractivity contribution is 5.96. The summed E-state index contributed by atoms with van der Waals surface area (Å²) in [7, 11) is 0. The number of hydrogen-bond donors (Lipinski definition) is 0. The molecular formula is C27H32N4O2.